The average Bonchev–Trinajstić information content (AvgIpc) is 3.40. The topological polar surface area (TPSA) is 93.1 Å². The summed E-state index contributed by atoms with van der Waals surface area (Å²) in [6.45, 7) is 1.21. The Bertz CT molecular complexity index is 1070. The van der Waals surface area contributed by atoms with E-state index in [0.29, 0.717) is 6.42 Å². The van der Waals surface area contributed by atoms with Crippen molar-refractivity contribution in [1.29, 1.82) is 0 Å². The smallest absolute Gasteiger partial charge is 0.309 e. The summed E-state index contributed by atoms with van der Waals surface area (Å²) in [6, 6.07) is 0. The monoisotopic (exact) mass is 959 g/mol. The predicted octanol–water partition coefficient (Wildman–Crippen LogP) is 19.1. The van der Waals surface area contributed by atoms with E-state index in [0.717, 1.165) is 19.3 Å². The Labute approximate surface area is 423 Å². The van der Waals surface area contributed by atoms with Crippen molar-refractivity contribution in [3.63, 3.8) is 0 Å². The van der Waals surface area contributed by atoms with Gasteiger partial charge in [0.2, 0.25) is 0 Å². The molecular weight excluding hydrogens is 841 g/mol. The van der Waals surface area contributed by atoms with Crippen LogP contribution in [0.3, 0.4) is 0 Å². The molecule has 1 atom stereocenters. The van der Waals surface area contributed by atoms with Crippen molar-refractivity contribution in [3.05, 3.63) is 12.2 Å². The highest BCUT2D eigenvalue weighted by atomic mass is 16.6. The zero-order valence-electron chi connectivity index (χ0n) is 45.7. The standard InChI is InChI=1S/C62H118O6/c1-2-3-4-5-6-7-8-9-10-11-12-13-14-15-16-17-18-19-20-21-22-23-24-25-26-27-28-29-30-31-32-33-34-35-36-37-38-39-40-41-42-43-44-45-46-47-48-49-50-51-52-53-59-54-60(65)67-57-62(55-63,56-64)58-68-61(59)66/h26-27,59,63-64H,2-25,28-58H2,1H3/b27-26+. The summed E-state index contributed by atoms with van der Waals surface area (Å²) < 4.78 is 10.6. The Kier molecular flexibility index (Phi) is 49.4. The third kappa shape index (κ3) is 43.4. The van der Waals surface area contributed by atoms with Gasteiger partial charge in [0.05, 0.1) is 31.0 Å². The van der Waals surface area contributed by atoms with Gasteiger partial charge in [0.1, 0.15) is 13.2 Å². The molecule has 0 aliphatic carbocycles. The van der Waals surface area contributed by atoms with Crippen molar-refractivity contribution in [2.24, 2.45) is 11.3 Å². The number of aliphatic hydroxyl groups is 2. The molecule has 1 aliphatic heterocycles. The lowest BCUT2D eigenvalue weighted by atomic mass is 9.92. The molecule has 0 bridgehead atoms. The van der Waals surface area contributed by atoms with Crippen LogP contribution in [0.2, 0.25) is 0 Å². The molecular formula is C62H118O6. The first-order valence-electron chi connectivity index (χ1n) is 30.8. The van der Waals surface area contributed by atoms with Gasteiger partial charge in [-0.3, -0.25) is 9.59 Å². The second kappa shape index (κ2) is 51.9. The van der Waals surface area contributed by atoms with Crippen LogP contribution in [0, 0.1) is 11.3 Å². The molecule has 68 heavy (non-hydrogen) atoms. The van der Waals surface area contributed by atoms with Crippen molar-refractivity contribution in [2.75, 3.05) is 26.4 Å². The number of esters is 2. The summed E-state index contributed by atoms with van der Waals surface area (Å²) in [5.74, 6) is -1.40. The quantitative estimate of drug-likeness (QED) is 0.0358. The molecule has 1 rings (SSSR count). The summed E-state index contributed by atoms with van der Waals surface area (Å²) >= 11 is 0. The minimum absolute atomic E-state index is 0.00441. The summed E-state index contributed by atoms with van der Waals surface area (Å²) in [4.78, 5) is 24.7. The average molecular weight is 960 g/mol. The van der Waals surface area contributed by atoms with E-state index in [1.165, 1.54) is 295 Å². The van der Waals surface area contributed by atoms with Gasteiger partial charge in [-0.15, -0.1) is 0 Å². The third-order valence-electron chi connectivity index (χ3n) is 15.3. The van der Waals surface area contributed by atoms with Gasteiger partial charge in [0, 0.05) is 0 Å². The molecule has 1 saturated heterocycles. The van der Waals surface area contributed by atoms with E-state index in [2.05, 4.69) is 19.1 Å². The Morgan fingerprint density at radius 3 is 0.912 bits per heavy atom. The Morgan fingerprint density at radius 2 is 0.632 bits per heavy atom. The molecule has 402 valence electrons. The summed E-state index contributed by atoms with van der Waals surface area (Å²) in [7, 11) is 0. The molecule has 0 aromatic carbocycles. The number of ether oxygens (including phenoxy) is 2. The number of hydrogen-bond donors (Lipinski definition) is 2. The second-order valence-corrected chi connectivity index (χ2v) is 22.1. The molecule has 0 amide bonds. The largest absolute Gasteiger partial charge is 0.465 e. The SMILES string of the molecule is CCCCCCCCCCCCCCCCCCCCCCCCC/C=C/CCCCCCCCCCCCCCCCCCCCCCCCCCC1CC(=O)OCC(CO)(CO)COC1=O. The number of carbonyl (C=O) groups is 2. The molecule has 2 N–H and O–H groups in total. The van der Waals surface area contributed by atoms with Crippen molar-refractivity contribution >= 4 is 11.9 Å². The predicted molar refractivity (Wildman–Crippen MR) is 292 cm³/mol. The lowest BCUT2D eigenvalue weighted by Crippen LogP contribution is -2.40. The van der Waals surface area contributed by atoms with E-state index in [1.807, 2.05) is 0 Å². The van der Waals surface area contributed by atoms with Crippen LogP contribution in [-0.2, 0) is 19.1 Å². The fraction of sp³-hybridized carbons (Fsp3) is 0.935. The van der Waals surface area contributed by atoms with Crippen molar-refractivity contribution in [3.8, 4) is 0 Å². The van der Waals surface area contributed by atoms with E-state index in [1.54, 1.807) is 0 Å². The van der Waals surface area contributed by atoms with Crippen molar-refractivity contribution in [1.82, 2.24) is 0 Å². The first-order valence-corrected chi connectivity index (χ1v) is 30.8. The lowest BCUT2D eigenvalue weighted by Gasteiger charge is -2.27. The lowest BCUT2D eigenvalue weighted by molar-refractivity contribution is -0.155. The van der Waals surface area contributed by atoms with Gasteiger partial charge < -0.3 is 19.7 Å². The van der Waals surface area contributed by atoms with E-state index >= 15 is 0 Å². The molecule has 1 aliphatic rings. The molecule has 0 aromatic heterocycles. The van der Waals surface area contributed by atoms with Crippen molar-refractivity contribution < 1.29 is 29.3 Å². The summed E-state index contributed by atoms with van der Waals surface area (Å²) in [6.07, 6.45) is 74.2. The van der Waals surface area contributed by atoms with Crippen LogP contribution >= 0.6 is 0 Å². The van der Waals surface area contributed by atoms with Gasteiger partial charge in [-0.1, -0.05) is 308 Å². The van der Waals surface area contributed by atoms with Crippen LogP contribution in [0.4, 0.5) is 0 Å². The van der Waals surface area contributed by atoms with Crippen LogP contribution in [0.15, 0.2) is 12.2 Å². The van der Waals surface area contributed by atoms with Crippen molar-refractivity contribution in [2.45, 2.75) is 334 Å². The number of hydrogen-bond acceptors (Lipinski definition) is 6. The second-order valence-electron chi connectivity index (χ2n) is 22.1. The maximum absolute atomic E-state index is 12.5. The van der Waals surface area contributed by atoms with Gasteiger partial charge in [0.25, 0.3) is 0 Å². The molecule has 6 heteroatoms. The minimum atomic E-state index is -1.12. The number of carbonyl (C=O) groups excluding carboxylic acids is 2. The number of unbranched alkanes of at least 4 members (excludes halogenated alkanes) is 47. The highest BCUT2D eigenvalue weighted by Gasteiger charge is 2.36. The first-order chi connectivity index (χ1) is 33.6. The van der Waals surface area contributed by atoms with E-state index in [-0.39, 0.29) is 19.6 Å². The molecule has 0 aromatic rings. The fourth-order valence-corrected chi connectivity index (χ4v) is 10.2. The normalized spacial score (nSPS) is 15.4. The van der Waals surface area contributed by atoms with Gasteiger partial charge in [-0.2, -0.15) is 0 Å². The minimum Gasteiger partial charge on any atom is -0.465 e. The molecule has 1 heterocycles. The Balaban J connectivity index is 1.69. The van der Waals surface area contributed by atoms with Gasteiger partial charge in [-0.25, -0.2) is 0 Å². The number of cyclic esters (lactones) is 2. The Hall–Kier alpha value is -1.40. The van der Waals surface area contributed by atoms with E-state index < -0.39 is 36.5 Å². The fourth-order valence-electron chi connectivity index (χ4n) is 10.2. The zero-order chi connectivity index (χ0) is 49.0. The number of rotatable bonds is 53. The van der Waals surface area contributed by atoms with E-state index in [4.69, 9.17) is 9.47 Å². The van der Waals surface area contributed by atoms with Crippen LogP contribution in [0.25, 0.3) is 0 Å². The van der Waals surface area contributed by atoms with Gasteiger partial charge >= 0.3 is 11.9 Å². The molecule has 1 unspecified atom stereocenters. The van der Waals surface area contributed by atoms with Crippen LogP contribution < -0.4 is 0 Å². The Morgan fingerprint density at radius 1 is 0.382 bits per heavy atom. The third-order valence-corrected chi connectivity index (χ3v) is 15.3. The zero-order valence-corrected chi connectivity index (χ0v) is 45.7. The molecule has 0 saturated carbocycles. The molecule has 1 fully saturated rings. The molecule has 6 nitrogen and oxygen atoms in total. The summed E-state index contributed by atoms with van der Waals surface area (Å²) in [5, 5.41) is 19.2. The van der Waals surface area contributed by atoms with Crippen LogP contribution in [-0.4, -0.2) is 48.6 Å². The summed E-state index contributed by atoms with van der Waals surface area (Å²) in [5.41, 5.74) is -1.12. The molecule has 0 radical (unpaired) electrons. The maximum atomic E-state index is 12.5. The van der Waals surface area contributed by atoms with Gasteiger partial charge in [-0.05, 0) is 32.1 Å². The first kappa shape index (κ1) is 64.6. The number of allylic oxidation sites excluding steroid dienone is 2. The highest BCUT2D eigenvalue weighted by molar-refractivity contribution is 5.80. The highest BCUT2D eigenvalue weighted by Crippen LogP contribution is 2.25. The number of aliphatic hydroxyl groups excluding tert-OH is 2. The van der Waals surface area contributed by atoms with Crippen LogP contribution in [0.1, 0.15) is 334 Å². The van der Waals surface area contributed by atoms with E-state index in [9.17, 15) is 19.8 Å². The molecule has 0 spiro atoms. The maximum Gasteiger partial charge on any atom is 0.309 e. The van der Waals surface area contributed by atoms with Crippen LogP contribution in [0.5, 0.6) is 0 Å². The van der Waals surface area contributed by atoms with Gasteiger partial charge in [0.15, 0.2) is 0 Å².